The molecule has 0 bridgehead atoms. The highest BCUT2D eigenvalue weighted by Crippen LogP contribution is 2.40. The first-order valence-electron chi connectivity index (χ1n) is 12.7. The van der Waals surface area contributed by atoms with Crippen molar-refractivity contribution in [1.29, 1.82) is 0 Å². The van der Waals surface area contributed by atoms with E-state index in [4.69, 9.17) is 14.5 Å². The van der Waals surface area contributed by atoms with Crippen LogP contribution in [0.15, 0.2) is 24.4 Å². The molecule has 1 aliphatic rings. The van der Waals surface area contributed by atoms with Crippen LogP contribution in [0.4, 0.5) is 25.8 Å². The topological polar surface area (TPSA) is 131 Å². The van der Waals surface area contributed by atoms with Gasteiger partial charge in [0.1, 0.15) is 0 Å². The summed E-state index contributed by atoms with van der Waals surface area (Å²) >= 11 is 1.59. The SMILES string of the molecule is CCNC(=O)Nc1cc(NC(=O)OC(C)C)ccc1-c1cnc(C2CCC(NC(=O)OC(C)C)CC2)s1. The van der Waals surface area contributed by atoms with Crippen LogP contribution in [0.2, 0.25) is 0 Å². The molecule has 1 aliphatic carbocycles. The Kier molecular flexibility index (Phi) is 10.1. The number of nitrogens with zero attached hydrogens (tertiary/aromatic N) is 1. The Hall–Kier alpha value is -3.34. The number of hydrogen-bond donors (Lipinski definition) is 4. The van der Waals surface area contributed by atoms with E-state index in [0.29, 0.717) is 23.8 Å². The average Bonchev–Trinajstić information content (AvgIpc) is 3.28. The Balaban J connectivity index is 1.72. The summed E-state index contributed by atoms with van der Waals surface area (Å²) < 4.78 is 10.3. The number of anilines is 2. The normalized spacial score (nSPS) is 17.3. The van der Waals surface area contributed by atoms with Gasteiger partial charge in [-0.05, 0) is 78.5 Å². The second-order valence-electron chi connectivity index (χ2n) is 9.53. The fourth-order valence-corrected chi connectivity index (χ4v) is 5.26. The Morgan fingerprint density at radius 1 is 1.00 bits per heavy atom. The van der Waals surface area contributed by atoms with Crippen LogP contribution in [-0.4, -0.2) is 48.0 Å². The zero-order valence-corrected chi connectivity index (χ0v) is 22.9. The first-order valence-corrected chi connectivity index (χ1v) is 13.6. The number of aromatic nitrogens is 1. The average molecular weight is 532 g/mol. The van der Waals surface area contributed by atoms with Crippen LogP contribution in [-0.2, 0) is 9.47 Å². The van der Waals surface area contributed by atoms with Crippen molar-refractivity contribution >= 4 is 40.9 Å². The van der Waals surface area contributed by atoms with Gasteiger partial charge in [-0.25, -0.2) is 19.4 Å². The van der Waals surface area contributed by atoms with Crippen molar-refractivity contribution in [3.05, 3.63) is 29.4 Å². The van der Waals surface area contributed by atoms with Crippen molar-refractivity contribution in [2.75, 3.05) is 17.2 Å². The van der Waals surface area contributed by atoms with Gasteiger partial charge >= 0.3 is 18.2 Å². The Labute approximate surface area is 221 Å². The molecule has 1 aromatic carbocycles. The van der Waals surface area contributed by atoms with E-state index in [1.54, 1.807) is 37.3 Å². The summed E-state index contributed by atoms with van der Waals surface area (Å²) in [7, 11) is 0. The van der Waals surface area contributed by atoms with Gasteiger partial charge in [-0.3, -0.25) is 5.32 Å². The molecule has 1 fully saturated rings. The number of amides is 4. The standard InChI is InChI=1S/C26H37N5O5S/c1-6-27-24(32)31-21-13-19(30-26(34)36-16(4)5)11-12-20(21)22-14-28-23(37-22)17-7-9-18(10-8-17)29-25(33)35-15(2)3/h11-18H,6-10H2,1-5H3,(H,29,33)(H,30,34)(H2,27,31,32). The van der Waals surface area contributed by atoms with Gasteiger partial charge in [-0.1, -0.05) is 0 Å². The van der Waals surface area contributed by atoms with Gasteiger partial charge in [-0.15, -0.1) is 11.3 Å². The maximum absolute atomic E-state index is 12.3. The maximum Gasteiger partial charge on any atom is 0.411 e. The summed E-state index contributed by atoms with van der Waals surface area (Å²) in [6.45, 7) is 9.54. The minimum Gasteiger partial charge on any atom is -0.447 e. The summed E-state index contributed by atoms with van der Waals surface area (Å²) in [4.78, 5) is 41.9. The molecule has 0 atom stereocenters. The maximum atomic E-state index is 12.3. The Morgan fingerprint density at radius 2 is 1.68 bits per heavy atom. The van der Waals surface area contributed by atoms with E-state index in [2.05, 4.69) is 21.3 Å². The van der Waals surface area contributed by atoms with E-state index in [-0.39, 0.29) is 30.4 Å². The largest absolute Gasteiger partial charge is 0.447 e. The van der Waals surface area contributed by atoms with Gasteiger partial charge in [0.05, 0.1) is 27.8 Å². The van der Waals surface area contributed by atoms with Crippen LogP contribution in [0.25, 0.3) is 10.4 Å². The second kappa shape index (κ2) is 13.3. The van der Waals surface area contributed by atoms with Crippen molar-refractivity contribution in [3.63, 3.8) is 0 Å². The number of benzene rings is 1. The Bertz CT molecular complexity index is 1080. The first-order chi connectivity index (χ1) is 17.6. The van der Waals surface area contributed by atoms with E-state index in [0.717, 1.165) is 41.1 Å². The number of ether oxygens (including phenoxy) is 2. The van der Waals surface area contributed by atoms with Gasteiger partial charge in [0.2, 0.25) is 0 Å². The fourth-order valence-electron chi connectivity index (χ4n) is 4.13. The fraction of sp³-hybridized carbons (Fsp3) is 0.538. The molecule has 0 radical (unpaired) electrons. The third kappa shape index (κ3) is 8.63. The number of nitrogens with one attached hydrogen (secondary N) is 4. The lowest BCUT2D eigenvalue weighted by Crippen LogP contribution is -2.38. The van der Waals surface area contributed by atoms with Crippen LogP contribution >= 0.6 is 11.3 Å². The lowest BCUT2D eigenvalue weighted by atomic mass is 9.86. The van der Waals surface area contributed by atoms with Crippen molar-refractivity contribution in [2.45, 2.75) is 84.5 Å². The van der Waals surface area contributed by atoms with Crippen LogP contribution in [0, 0.1) is 0 Å². The van der Waals surface area contributed by atoms with Gasteiger partial charge in [0.25, 0.3) is 0 Å². The van der Waals surface area contributed by atoms with Gasteiger partial charge in [0, 0.05) is 36.0 Å². The summed E-state index contributed by atoms with van der Waals surface area (Å²) in [6.07, 6.45) is 4.08. The predicted molar refractivity (Wildman–Crippen MR) is 145 cm³/mol. The van der Waals surface area contributed by atoms with Crippen LogP contribution in [0.3, 0.4) is 0 Å². The number of carbonyl (C=O) groups is 3. The Morgan fingerprint density at radius 3 is 2.32 bits per heavy atom. The van der Waals surface area contributed by atoms with Gasteiger partial charge in [0.15, 0.2) is 0 Å². The molecule has 1 saturated carbocycles. The zero-order chi connectivity index (χ0) is 26.9. The molecule has 2 aromatic rings. The molecule has 1 heterocycles. The number of carbonyl (C=O) groups excluding carboxylic acids is 3. The summed E-state index contributed by atoms with van der Waals surface area (Å²) in [5.74, 6) is 0.310. The third-order valence-corrected chi connectivity index (χ3v) is 6.92. The van der Waals surface area contributed by atoms with Gasteiger partial charge < -0.3 is 25.4 Å². The van der Waals surface area contributed by atoms with E-state index < -0.39 is 6.09 Å². The highest BCUT2D eigenvalue weighted by Gasteiger charge is 2.26. The minimum absolute atomic E-state index is 0.109. The molecular formula is C26H37N5O5S. The minimum atomic E-state index is -0.561. The molecule has 0 aliphatic heterocycles. The molecule has 4 amide bonds. The van der Waals surface area contributed by atoms with Crippen LogP contribution in [0.5, 0.6) is 0 Å². The van der Waals surface area contributed by atoms with Crippen molar-refractivity contribution in [3.8, 4) is 10.4 Å². The number of urea groups is 1. The molecule has 1 aromatic heterocycles. The monoisotopic (exact) mass is 531 g/mol. The van der Waals surface area contributed by atoms with Crippen molar-refractivity contribution in [1.82, 2.24) is 15.6 Å². The highest BCUT2D eigenvalue weighted by atomic mass is 32.1. The van der Waals surface area contributed by atoms with Crippen LogP contribution in [0.1, 0.15) is 71.2 Å². The number of hydrogen-bond acceptors (Lipinski definition) is 7. The first kappa shape index (κ1) is 28.2. The number of rotatable bonds is 8. The van der Waals surface area contributed by atoms with E-state index in [1.807, 2.05) is 33.0 Å². The molecule has 0 unspecified atom stereocenters. The second-order valence-corrected chi connectivity index (χ2v) is 10.6. The lowest BCUT2D eigenvalue weighted by molar-refractivity contribution is 0.109. The molecule has 0 saturated heterocycles. The number of alkyl carbamates (subject to hydrolysis) is 1. The van der Waals surface area contributed by atoms with E-state index in [1.165, 1.54) is 0 Å². The van der Waals surface area contributed by atoms with Crippen LogP contribution < -0.4 is 21.3 Å². The molecule has 3 rings (SSSR count). The zero-order valence-electron chi connectivity index (χ0n) is 22.1. The molecular weight excluding hydrogens is 494 g/mol. The summed E-state index contributed by atoms with van der Waals surface area (Å²) in [5.41, 5.74) is 1.87. The van der Waals surface area contributed by atoms with Gasteiger partial charge in [-0.2, -0.15) is 0 Å². The van der Waals surface area contributed by atoms with E-state index in [9.17, 15) is 14.4 Å². The quantitative estimate of drug-likeness (QED) is 0.327. The molecule has 37 heavy (non-hydrogen) atoms. The summed E-state index contributed by atoms with van der Waals surface area (Å²) in [6, 6.07) is 5.10. The molecule has 202 valence electrons. The number of thiazole rings is 1. The summed E-state index contributed by atoms with van der Waals surface area (Å²) in [5, 5.41) is 12.3. The molecule has 0 spiro atoms. The molecule has 4 N–H and O–H groups in total. The van der Waals surface area contributed by atoms with Crippen molar-refractivity contribution in [2.24, 2.45) is 0 Å². The highest BCUT2D eigenvalue weighted by molar-refractivity contribution is 7.15. The van der Waals surface area contributed by atoms with Crippen molar-refractivity contribution < 1.29 is 23.9 Å². The van der Waals surface area contributed by atoms with E-state index >= 15 is 0 Å². The smallest absolute Gasteiger partial charge is 0.411 e. The molecule has 10 nitrogen and oxygen atoms in total. The molecule has 11 heteroatoms. The third-order valence-electron chi connectivity index (χ3n) is 5.72. The predicted octanol–water partition coefficient (Wildman–Crippen LogP) is 6.07. The lowest BCUT2D eigenvalue weighted by Gasteiger charge is -2.28.